The lowest BCUT2D eigenvalue weighted by atomic mass is 9.90. The molecule has 2 aromatic rings. The normalized spacial score (nSPS) is 21.4. The van der Waals surface area contributed by atoms with E-state index in [0.29, 0.717) is 35.9 Å². The Balaban J connectivity index is 1.86. The number of carbonyl (C=O) groups is 1. The third-order valence-electron chi connectivity index (χ3n) is 4.01. The van der Waals surface area contributed by atoms with Gasteiger partial charge in [0.1, 0.15) is 11.0 Å². The van der Waals surface area contributed by atoms with Crippen molar-refractivity contribution in [3.63, 3.8) is 0 Å². The van der Waals surface area contributed by atoms with Crippen LogP contribution in [0.3, 0.4) is 0 Å². The number of hydrogen-bond acceptors (Lipinski definition) is 4. The summed E-state index contributed by atoms with van der Waals surface area (Å²) in [5, 5.41) is 7.30. The Kier molecular flexibility index (Phi) is 3.35. The summed E-state index contributed by atoms with van der Waals surface area (Å²) in [5.41, 5.74) is 1.27. The highest BCUT2D eigenvalue weighted by molar-refractivity contribution is 5.97. The lowest BCUT2D eigenvalue weighted by Gasteiger charge is -2.37. The number of carbonyl (C=O) groups excluding carboxylic acids is 1. The first-order valence-corrected chi connectivity index (χ1v) is 6.86. The number of hydrogen-bond donors (Lipinski definition) is 0. The molecule has 1 aliphatic carbocycles. The predicted octanol–water partition coefficient (Wildman–Crippen LogP) is 2.87. The van der Waals surface area contributed by atoms with Crippen molar-refractivity contribution in [1.29, 1.82) is 0 Å². The van der Waals surface area contributed by atoms with Crippen LogP contribution in [0.15, 0.2) is 22.8 Å². The van der Waals surface area contributed by atoms with Crippen LogP contribution in [-0.4, -0.2) is 40.1 Å². The number of benzene rings is 1. The third kappa shape index (κ3) is 2.48. The van der Waals surface area contributed by atoms with E-state index in [1.807, 2.05) is 0 Å². The molecule has 0 spiro atoms. The molecule has 7 heteroatoms. The molecule has 21 heavy (non-hydrogen) atoms. The molecule has 1 fully saturated rings. The highest BCUT2D eigenvalue weighted by Gasteiger charge is 2.45. The monoisotopic (exact) mass is 295 g/mol. The molecule has 1 saturated carbocycles. The van der Waals surface area contributed by atoms with Crippen molar-refractivity contribution in [2.75, 3.05) is 7.05 Å². The summed E-state index contributed by atoms with van der Waals surface area (Å²) in [4.78, 5) is 13.6. The summed E-state index contributed by atoms with van der Waals surface area (Å²) in [7, 11) is 1.43. The van der Waals surface area contributed by atoms with Gasteiger partial charge in [-0.25, -0.2) is 13.4 Å². The number of halogens is 2. The molecule has 0 saturated heterocycles. The molecule has 1 amide bonds. The van der Waals surface area contributed by atoms with Crippen LogP contribution in [0.25, 0.3) is 11.0 Å². The van der Waals surface area contributed by atoms with Gasteiger partial charge in [-0.2, -0.15) is 0 Å². The summed E-state index contributed by atoms with van der Waals surface area (Å²) in [6.07, 6.45) is 1.37. The van der Waals surface area contributed by atoms with Gasteiger partial charge < -0.3 is 4.90 Å². The van der Waals surface area contributed by atoms with Gasteiger partial charge in [-0.1, -0.05) is 6.42 Å². The molecule has 3 rings (SSSR count). The number of amides is 1. The van der Waals surface area contributed by atoms with Crippen LogP contribution in [0, 0.1) is 0 Å². The Labute approximate surface area is 119 Å². The fourth-order valence-corrected chi connectivity index (χ4v) is 2.81. The molecular formula is C14H15F2N3O2. The average molecular weight is 295 g/mol. The Hall–Kier alpha value is -2.05. The Morgan fingerprint density at radius 1 is 1.33 bits per heavy atom. The second-order valence-corrected chi connectivity index (χ2v) is 5.41. The van der Waals surface area contributed by atoms with Gasteiger partial charge >= 0.3 is 0 Å². The molecule has 1 aromatic heterocycles. The van der Waals surface area contributed by atoms with Gasteiger partial charge in [-0.15, -0.1) is 0 Å². The van der Waals surface area contributed by atoms with Crippen molar-refractivity contribution in [2.45, 2.75) is 37.6 Å². The van der Waals surface area contributed by atoms with E-state index in [9.17, 15) is 13.6 Å². The van der Waals surface area contributed by atoms with Gasteiger partial charge in [0.15, 0.2) is 0 Å². The summed E-state index contributed by atoms with van der Waals surface area (Å²) >= 11 is 0. The zero-order chi connectivity index (χ0) is 15.0. The van der Waals surface area contributed by atoms with Gasteiger partial charge in [0.05, 0.1) is 6.04 Å². The zero-order valence-electron chi connectivity index (χ0n) is 11.6. The number of aromatic nitrogens is 2. The van der Waals surface area contributed by atoms with Crippen molar-refractivity contribution in [1.82, 2.24) is 15.2 Å². The van der Waals surface area contributed by atoms with Gasteiger partial charge in [0.2, 0.25) is 0 Å². The fourth-order valence-electron chi connectivity index (χ4n) is 2.81. The second-order valence-electron chi connectivity index (χ2n) is 5.41. The van der Waals surface area contributed by atoms with E-state index in [2.05, 4.69) is 14.9 Å². The highest BCUT2D eigenvalue weighted by Crippen LogP contribution is 2.36. The second kappa shape index (κ2) is 5.05. The van der Waals surface area contributed by atoms with Gasteiger partial charge in [0.25, 0.3) is 11.8 Å². The van der Waals surface area contributed by atoms with Crippen LogP contribution < -0.4 is 0 Å². The number of nitrogens with zero attached hydrogens (tertiary/aromatic N) is 3. The van der Waals surface area contributed by atoms with Crippen molar-refractivity contribution in [3.05, 3.63) is 23.8 Å². The Morgan fingerprint density at radius 2 is 2.10 bits per heavy atom. The maximum Gasteiger partial charge on any atom is 0.268 e. The molecule has 0 radical (unpaired) electrons. The topological polar surface area (TPSA) is 59.2 Å². The van der Waals surface area contributed by atoms with Crippen molar-refractivity contribution >= 4 is 16.9 Å². The molecule has 112 valence electrons. The molecule has 1 unspecified atom stereocenters. The largest absolute Gasteiger partial charge is 0.333 e. The Morgan fingerprint density at radius 3 is 2.86 bits per heavy atom. The predicted molar refractivity (Wildman–Crippen MR) is 71.1 cm³/mol. The maximum absolute atomic E-state index is 14.0. The van der Waals surface area contributed by atoms with Crippen LogP contribution in [0.1, 0.15) is 36.0 Å². The maximum atomic E-state index is 14.0. The molecule has 5 nitrogen and oxygen atoms in total. The standard InChI is InChI=1S/C14H15F2N3O2/c1-19(12-4-2-3-7-14(12,15)16)13(20)9-5-6-10-11(8-9)18-21-17-10/h5-6,8,12H,2-4,7H2,1H3. The van der Waals surface area contributed by atoms with E-state index in [1.54, 1.807) is 12.1 Å². The molecule has 1 aromatic carbocycles. The first kappa shape index (κ1) is 13.9. The number of fused-ring (bicyclic) bond motifs is 1. The van der Waals surface area contributed by atoms with Gasteiger partial charge in [-0.05, 0) is 41.4 Å². The molecule has 0 aliphatic heterocycles. The van der Waals surface area contributed by atoms with E-state index in [1.165, 1.54) is 13.1 Å². The van der Waals surface area contributed by atoms with Crippen molar-refractivity contribution in [2.24, 2.45) is 0 Å². The first-order chi connectivity index (χ1) is 9.99. The average Bonchev–Trinajstić information content (AvgIpc) is 2.92. The quantitative estimate of drug-likeness (QED) is 0.854. The minimum absolute atomic E-state index is 0.165. The van der Waals surface area contributed by atoms with Crippen LogP contribution >= 0.6 is 0 Å². The van der Waals surface area contributed by atoms with Crippen LogP contribution in [0.5, 0.6) is 0 Å². The van der Waals surface area contributed by atoms with E-state index in [4.69, 9.17) is 0 Å². The molecule has 1 heterocycles. The lowest BCUT2D eigenvalue weighted by Crippen LogP contribution is -2.50. The minimum atomic E-state index is -2.83. The summed E-state index contributed by atoms with van der Waals surface area (Å²) < 4.78 is 32.5. The summed E-state index contributed by atoms with van der Waals surface area (Å²) in [5.74, 6) is -3.27. The first-order valence-electron chi connectivity index (χ1n) is 6.86. The summed E-state index contributed by atoms with van der Waals surface area (Å²) in [6, 6.07) is 3.59. The van der Waals surface area contributed by atoms with E-state index >= 15 is 0 Å². The van der Waals surface area contributed by atoms with Gasteiger partial charge in [-0.3, -0.25) is 4.79 Å². The van der Waals surface area contributed by atoms with Crippen LogP contribution in [0.4, 0.5) is 8.78 Å². The van der Waals surface area contributed by atoms with Crippen LogP contribution in [0.2, 0.25) is 0 Å². The molecule has 0 N–H and O–H groups in total. The molecule has 0 bridgehead atoms. The van der Waals surface area contributed by atoms with E-state index in [0.717, 1.165) is 4.90 Å². The summed E-state index contributed by atoms with van der Waals surface area (Å²) in [6.45, 7) is 0. The fraction of sp³-hybridized carbons (Fsp3) is 0.500. The number of alkyl halides is 2. The Bertz CT molecular complexity index is 671. The van der Waals surface area contributed by atoms with E-state index < -0.39 is 17.9 Å². The highest BCUT2D eigenvalue weighted by atomic mass is 19.3. The van der Waals surface area contributed by atoms with E-state index in [-0.39, 0.29) is 6.42 Å². The minimum Gasteiger partial charge on any atom is -0.333 e. The lowest BCUT2D eigenvalue weighted by molar-refractivity contribution is -0.0915. The zero-order valence-corrected chi connectivity index (χ0v) is 11.6. The van der Waals surface area contributed by atoms with Crippen molar-refractivity contribution < 1.29 is 18.2 Å². The van der Waals surface area contributed by atoms with Crippen molar-refractivity contribution in [3.8, 4) is 0 Å². The molecule has 1 atom stereocenters. The molecule has 1 aliphatic rings. The molecular weight excluding hydrogens is 280 g/mol. The third-order valence-corrected chi connectivity index (χ3v) is 4.01. The number of rotatable bonds is 2. The SMILES string of the molecule is CN(C(=O)c1ccc2nonc2c1)C1CCCCC1(F)F. The smallest absolute Gasteiger partial charge is 0.268 e. The van der Waals surface area contributed by atoms with Crippen LogP contribution in [-0.2, 0) is 0 Å². The van der Waals surface area contributed by atoms with Gasteiger partial charge in [0, 0.05) is 19.0 Å².